The third-order valence-electron chi connectivity index (χ3n) is 2.27. The van der Waals surface area contributed by atoms with Gasteiger partial charge in [0.05, 0.1) is 0 Å². The van der Waals surface area contributed by atoms with E-state index in [1.54, 1.807) is 0 Å². The minimum atomic E-state index is 0.233. The van der Waals surface area contributed by atoms with Crippen LogP contribution in [0.2, 0.25) is 5.02 Å². The van der Waals surface area contributed by atoms with Gasteiger partial charge >= 0.3 is 0 Å². The number of anilines is 1. The second-order valence-corrected chi connectivity index (χ2v) is 3.78. The first kappa shape index (κ1) is 11.3. The summed E-state index contributed by atoms with van der Waals surface area (Å²) in [6, 6.07) is 7.58. The molecule has 1 unspecified atom stereocenters. The lowest BCUT2D eigenvalue weighted by Gasteiger charge is -2.13. The minimum Gasteiger partial charge on any atom is -0.396 e. The average molecular weight is 214 g/mol. The molecule has 0 heterocycles. The number of aliphatic hydroxyl groups is 1. The van der Waals surface area contributed by atoms with Gasteiger partial charge in [-0.25, -0.2) is 0 Å². The smallest absolute Gasteiger partial charge is 0.0475 e. The van der Waals surface area contributed by atoms with Gasteiger partial charge in [-0.05, 0) is 36.6 Å². The van der Waals surface area contributed by atoms with E-state index in [1.165, 1.54) is 0 Å². The zero-order valence-corrected chi connectivity index (χ0v) is 9.09. The lowest BCUT2D eigenvalue weighted by molar-refractivity contribution is 0.230. The van der Waals surface area contributed by atoms with E-state index < -0.39 is 0 Å². The zero-order valence-electron chi connectivity index (χ0n) is 8.33. The molecule has 0 fully saturated rings. The van der Waals surface area contributed by atoms with E-state index >= 15 is 0 Å². The van der Waals surface area contributed by atoms with E-state index in [1.807, 2.05) is 24.3 Å². The monoisotopic (exact) mass is 213 g/mol. The molecule has 0 aromatic heterocycles. The molecule has 1 aromatic rings. The number of benzene rings is 1. The van der Waals surface area contributed by atoms with E-state index in [-0.39, 0.29) is 6.61 Å². The molecular formula is C11H16ClNO. The Labute approximate surface area is 89.9 Å². The van der Waals surface area contributed by atoms with E-state index in [2.05, 4.69) is 12.2 Å². The summed E-state index contributed by atoms with van der Waals surface area (Å²) in [5.41, 5.74) is 1.04. The van der Waals surface area contributed by atoms with Gasteiger partial charge in [-0.3, -0.25) is 0 Å². The molecule has 1 aromatic carbocycles. The molecule has 0 radical (unpaired) electrons. The van der Waals surface area contributed by atoms with Crippen molar-refractivity contribution in [2.45, 2.75) is 13.3 Å². The van der Waals surface area contributed by atoms with Gasteiger partial charge in [0, 0.05) is 23.9 Å². The fourth-order valence-electron chi connectivity index (χ4n) is 1.17. The quantitative estimate of drug-likeness (QED) is 0.789. The summed E-state index contributed by atoms with van der Waals surface area (Å²) in [7, 11) is 0. The molecule has 78 valence electrons. The highest BCUT2D eigenvalue weighted by atomic mass is 35.5. The largest absolute Gasteiger partial charge is 0.396 e. The van der Waals surface area contributed by atoms with Crippen molar-refractivity contribution in [1.29, 1.82) is 0 Å². The summed E-state index contributed by atoms with van der Waals surface area (Å²) in [6.07, 6.45) is 0.983. The highest BCUT2D eigenvalue weighted by molar-refractivity contribution is 6.30. The molecule has 2 N–H and O–H groups in total. The molecule has 0 aliphatic carbocycles. The summed E-state index contributed by atoms with van der Waals surface area (Å²) < 4.78 is 0. The predicted octanol–water partition coefficient (Wildman–Crippen LogP) is 2.77. The van der Waals surface area contributed by atoms with Crippen LogP contribution in [0.15, 0.2) is 24.3 Å². The van der Waals surface area contributed by atoms with E-state index in [4.69, 9.17) is 16.7 Å². The average Bonchev–Trinajstić information content (AvgIpc) is 2.22. The maximum Gasteiger partial charge on any atom is 0.0475 e. The molecule has 1 rings (SSSR count). The number of hydrogen-bond donors (Lipinski definition) is 2. The molecule has 3 heteroatoms. The Morgan fingerprint density at radius 2 is 2.00 bits per heavy atom. The van der Waals surface area contributed by atoms with Crippen LogP contribution in [0.5, 0.6) is 0 Å². The number of hydrogen-bond acceptors (Lipinski definition) is 2. The normalized spacial score (nSPS) is 12.5. The third kappa shape index (κ3) is 3.56. The van der Waals surface area contributed by atoms with Crippen LogP contribution < -0.4 is 5.32 Å². The van der Waals surface area contributed by atoms with Crippen molar-refractivity contribution in [3.8, 4) is 0 Å². The molecule has 0 aliphatic heterocycles. The van der Waals surface area contributed by atoms with Crippen molar-refractivity contribution >= 4 is 17.3 Å². The number of halogens is 1. The summed E-state index contributed by atoms with van der Waals surface area (Å²) >= 11 is 5.76. The minimum absolute atomic E-state index is 0.233. The number of aliphatic hydroxyl groups excluding tert-OH is 1. The van der Waals surface area contributed by atoms with Gasteiger partial charge in [0.15, 0.2) is 0 Å². The highest BCUT2D eigenvalue weighted by Gasteiger charge is 2.03. The SMILES string of the molecule is CCC(CO)CNc1ccc(Cl)cc1. The van der Waals surface area contributed by atoms with Crippen molar-refractivity contribution < 1.29 is 5.11 Å². The van der Waals surface area contributed by atoms with Crippen molar-refractivity contribution in [3.63, 3.8) is 0 Å². The van der Waals surface area contributed by atoms with Crippen LogP contribution in [-0.2, 0) is 0 Å². The van der Waals surface area contributed by atoms with Crippen molar-refractivity contribution in [2.75, 3.05) is 18.5 Å². The fourth-order valence-corrected chi connectivity index (χ4v) is 1.29. The van der Waals surface area contributed by atoms with Gasteiger partial charge in [0.1, 0.15) is 0 Å². The van der Waals surface area contributed by atoms with Crippen LogP contribution in [0.1, 0.15) is 13.3 Å². The van der Waals surface area contributed by atoms with Gasteiger partial charge in [0.25, 0.3) is 0 Å². The topological polar surface area (TPSA) is 32.3 Å². The predicted molar refractivity (Wildman–Crippen MR) is 60.8 cm³/mol. The first-order chi connectivity index (χ1) is 6.76. The third-order valence-corrected chi connectivity index (χ3v) is 2.53. The standard InChI is InChI=1S/C11H16ClNO/c1-2-9(8-14)7-13-11-5-3-10(12)4-6-11/h3-6,9,13-14H,2,7-8H2,1H3. The lowest BCUT2D eigenvalue weighted by atomic mass is 10.1. The molecule has 0 spiro atoms. The molecule has 0 bridgehead atoms. The summed E-state index contributed by atoms with van der Waals surface area (Å²) in [5, 5.41) is 13.0. The Bertz CT molecular complexity index is 256. The Morgan fingerprint density at radius 1 is 1.36 bits per heavy atom. The van der Waals surface area contributed by atoms with E-state index in [0.717, 1.165) is 23.7 Å². The van der Waals surface area contributed by atoms with Crippen molar-refractivity contribution in [3.05, 3.63) is 29.3 Å². The number of nitrogens with one attached hydrogen (secondary N) is 1. The molecule has 2 nitrogen and oxygen atoms in total. The highest BCUT2D eigenvalue weighted by Crippen LogP contribution is 2.14. The number of rotatable bonds is 5. The van der Waals surface area contributed by atoms with Gasteiger partial charge in [-0.2, -0.15) is 0 Å². The van der Waals surface area contributed by atoms with Crippen LogP contribution in [0.4, 0.5) is 5.69 Å². The summed E-state index contributed by atoms with van der Waals surface area (Å²) in [4.78, 5) is 0. The first-order valence-electron chi connectivity index (χ1n) is 4.86. The van der Waals surface area contributed by atoms with Crippen molar-refractivity contribution in [1.82, 2.24) is 0 Å². The fraction of sp³-hybridized carbons (Fsp3) is 0.455. The van der Waals surface area contributed by atoms with Crippen LogP contribution in [0, 0.1) is 5.92 Å². The van der Waals surface area contributed by atoms with Gasteiger partial charge < -0.3 is 10.4 Å². The molecular weight excluding hydrogens is 198 g/mol. The Morgan fingerprint density at radius 3 is 2.50 bits per heavy atom. The maximum absolute atomic E-state index is 8.99. The first-order valence-corrected chi connectivity index (χ1v) is 5.24. The molecule has 0 saturated heterocycles. The molecule has 0 amide bonds. The summed E-state index contributed by atoms with van der Waals surface area (Å²) in [6.45, 7) is 3.11. The Hall–Kier alpha value is -0.730. The van der Waals surface area contributed by atoms with Gasteiger partial charge in [-0.1, -0.05) is 18.5 Å². The maximum atomic E-state index is 8.99. The van der Waals surface area contributed by atoms with Gasteiger partial charge in [0.2, 0.25) is 0 Å². The van der Waals surface area contributed by atoms with Crippen molar-refractivity contribution in [2.24, 2.45) is 5.92 Å². The molecule has 0 saturated carbocycles. The van der Waals surface area contributed by atoms with Crippen LogP contribution in [0.25, 0.3) is 0 Å². The van der Waals surface area contributed by atoms with Crippen LogP contribution in [-0.4, -0.2) is 18.3 Å². The van der Waals surface area contributed by atoms with E-state index in [0.29, 0.717) is 5.92 Å². The van der Waals surface area contributed by atoms with E-state index in [9.17, 15) is 0 Å². The molecule has 1 atom stereocenters. The Balaban J connectivity index is 2.41. The molecule has 14 heavy (non-hydrogen) atoms. The lowest BCUT2D eigenvalue weighted by Crippen LogP contribution is -2.16. The zero-order chi connectivity index (χ0) is 10.4. The molecule has 0 aliphatic rings. The second kappa shape index (κ2) is 5.89. The van der Waals surface area contributed by atoms with Crippen LogP contribution in [0.3, 0.4) is 0 Å². The second-order valence-electron chi connectivity index (χ2n) is 3.34. The van der Waals surface area contributed by atoms with Gasteiger partial charge in [-0.15, -0.1) is 0 Å². The summed E-state index contributed by atoms with van der Waals surface area (Å²) in [5.74, 6) is 0.325. The Kier molecular flexibility index (Phi) is 4.77. The van der Waals surface area contributed by atoms with Crippen LogP contribution >= 0.6 is 11.6 Å².